The number of benzene rings is 2. The van der Waals surface area contributed by atoms with Crippen molar-refractivity contribution in [2.45, 2.75) is 12.3 Å². The van der Waals surface area contributed by atoms with Gasteiger partial charge in [-0.25, -0.2) is 0 Å². The zero-order valence-corrected chi connectivity index (χ0v) is 17.9. The summed E-state index contributed by atoms with van der Waals surface area (Å²) in [5.74, 6) is 2.03. The average Bonchev–Trinajstić information content (AvgIpc) is 3.47. The predicted octanol–water partition coefficient (Wildman–Crippen LogP) is 2.57. The van der Waals surface area contributed by atoms with Gasteiger partial charge < -0.3 is 24.2 Å². The molecule has 0 aromatic heterocycles. The van der Waals surface area contributed by atoms with Crippen LogP contribution < -0.4 is 14.4 Å². The molecule has 2 aliphatic heterocycles. The third-order valence-corrected chi connectivity index (χ3v) is 6.42. The summed E-state index contributed by atoms with van der Waals surface area (Å²) in [6.45, 7) is 2.56. The SMILES string of the molecule is CN(C)c1cccc(C(=O)N2CCN(C(=O)[C@H]3C[C@H]3c3ccc4c(c3)OCO4)CC2)c1. The summed E-state index contributed by atoms with van der Waals surface area (Å²) in [6.07, 6.45) is 0.870. The van der Waals surface area contributed by atoms with E-state index in [-0.39, 0.29) is 30.4 Å². The molecular formula is C24H27N3O4. The van der Waals surface area contributed by atoms with Gasteiger partial charge in [0, 0.05) is 57.4 Å². The fourth-order valence-electron chi connectivity index (χ4n) is 4.44. The van der Waals surface area contributed by atoms with E-state index in [0.717, 1.165) is 29.2 Å². The van der Waals surface area contributed by atoms with Crippen molar-refractivity contribution < 1.29 is 19.1 Å². The molecule has 2 amide bonds. The second-order valence-electron chi connectivity index (χ2n) is 8.62. The van der Waals surface area contributed by atoms with E-state index in [1.54, 1.807) is 0 Å². The lowest BCUT2D eigenvalue weighted by atomic mass is 10.1. The largest absolute Gasteiger partial charge is 0.454 e. The fraction of sp³-hybridized carbons (Fsp3) is 0.417. The van der Waals surface area contributed by atoms with Gasteiger partial charge in [0.25, 0.3) is 5.91 Å². The Bertz CT molecular complexity index is 1010. The molecule has 0 spiro atoms. The van der Waals surface area contributed by atoms with Crippen molar-refractivity contribution in [1.82, 2.24) is 9.80 Å². The van der Waals surface area contributed by atoms with Gasteiger partial charge in [-0.2, -0.15) is 0 Å². The van der Waals surface area contributed by atoms with Crippen LogP contribution in [0.4, 0.5) is 5.69 Å². The molecule has 1 saturated carbocycles. The minimum Gasteiger partial charge on any atom is -0.454 e. The summed E-state index contributed by atoms with van der Waals surface area (Å²) >= 11 is 0. The Balaban J connectivity index is 1.17. The fourth-order valence-corrected chi connectivity index (χ4v) is 4.44. The van der Waals surface area contributed by atoms with E-state index in [4.69, 9.17) is 9.47 Å². The van der Waals surface area contributed by atoms with Crippen LogP contribution in [0.2, 0.25) is 0 Å². The molecule has 3 aliphatic rings. The number of nitrogens with zero attached hydrogens (tertiary/aromatic N) is 3. The molecule has 0 unspecified atom stereocenters. The molecule has 0 radical (unpaired) electrons. The molecule has 31 heavy (non-hydrogen) atoms. The normalized spacial score (nSPS) is 21.7. The molecule has 1 saturated heterocycles. The van der Waals surface area contributed by atoms with Crippen molar-refractivity contribution in [3.8, 4) is 11.5 Å². The highest BCUT2D eigenvalue weighted by Crippen LogP contribution is 2.50. The molecule has 7 nitrogen and oxygen atoms in total. The van der Waals surface area contributed by atoms with Crippen LogP contribution in [0.25, 0.3) is 0 Å². The van der Waals surface area contributed by atoms with Gasteiger partial charge in [-0.3, -0.25) is 9.59 Å². The van der Waals surface area contributed by atoms with Gasteiger partial charge in [0.05, 0.1) is 0 Å². The second kappa shape index (κ2) is 7.80. The molecular weight excluding hydrogens is 394 g/mol. The quantitative estimate of drug-likeness (QED) is 0.759. The Labute approximate surface area is 182 Å². The van der Waals surface area contributed by atoms with Crippen LogP contribution in [0.3, 0.4) is 0 Å². The van der Waals surface area contributed by atoms with E-state index in [9.17, 15) is 9.59 Å². The third-order valence-electron chi connectivity index (χ3n) is 6.42. The van der Waals surface area contributed by atoms with Crippen molar-refractivity contribution >= 4 is 17.5 Å². The van der Waals surface area contributed by atoms with Crippen molar-refractivity contribution in [1.29, 1.82) is 0 Å². The first-order valence-electron chi connectivity index (χ1n) is 10.8. The molecule has 2 heterocycles. The topological polar surface area (TPSA) is 62.3 Å². The van der Waals surface area contributed by atoms with Crippen LogP contribution >= 0.6 is 0 Å². The monoisotopic (exact) mass is 421 g/mol. The highest BCUT2D eigenvalue weighted by Gasteiger charge is 2.46. The van der Waals surface area contributed by atoms with Gasteiger partial charge >= 0.3 is 0 Å². The number of amides is 2. The van der Waals surface area contributed by atoms with Gasteiger partial charge in [-0.05, 0) is 48.2 Å². The van der Waals surface area contributed by atoms with Gasteiger partial charge in [-0.1, -0.05) is 12.1 Å². The minimum absolute atomic E-state index is 0.0272. The number of rotatable bonds is 4. The first-order chi connectivity index (χ1) is 15.0. The number of carbonyl (C=O) groups is 2. The Morgan fingerprint density at radius 3 is 2.45 bits per heavy atom. The summed E-state index contributed by atoms with van der Waals surface area (Å²) in [7, 11) is 3.92. The molecule has 1 aliphatic carbocycles. The summed E-state index contributed by atoms with van der Waals surface area (Å²) in [6, 6.07) is 13.6. The maximum Gasteiger partial charge on any atom is 0.254 e. The zero-order chi connectivity index (χ0) is 21.5. The highest BCUT2D eigenvalue weighted by molar-refractivity contribution is 5.95. The lowest BCUT2D eigenvalue weighted by Gasteiger charge is -2.35. The molecule has 2 atom stereocenters. The highest BCUT2D eigenvalue weighted by atomic mass is 16.7. The van der Waals surface area contributed by atoms with Crippen LogP contribution in [-0.2, 0) is 4.79 Å². The van der Waals surface area contributed by atoms with E-state index in [2.05, 4.69) is 0 Å². The van der Waals surface area contributed by atoms with Gasteiger partial charge in [0.1, 0.15) is 0 Å². The predicted molar refractivity (Wildman–Crippen MR) is 117 cm³/mol. The molecule has 2 fully saturated rings. The molecule has 0 bridgehead atoms. The summed E-state index contributed by atoms with van der Waals surface area (Å²) < 4.78 is 10.8. The molecule has 162 valence electrons. The zero-order valence-electron chi connectivity index (χ0n) is 17.9. The third kappa shape index (κ3) is 3.80. The van der Waals surface area contributed by atoms with Crippen LogP contribution in [-0.4, -0.2) is 68.7 Å². The van der Waals surface area contributed by atoms with Crippen molar-refractivity contribution in [2.75, 3.05) is 52.0 Å². The van der Waals surface area contributed by atoms with Gasteiger partial charge in [-0.15, -0.1) is 0 Å². The Morgan fingerprint density at radius 2 is 1.68 bits per heavy atom. The molecule has 5 rings (SSSR count). The van der Waals surface area contributed by atoms with E-state index in [0.29, 0.717) is 31.7 Å². The molecule has 2 aromatic carbocycles. The van der Waals surface area contributed by atoms with E-state index in [1.165, 1.54) is 0 Å². The minimum atomic E-state index is 0.0272. The molecule has 2 aromatic rings. The van der Waals surface area contributed by atoms with E-state index >= 15 is 0 Å². The average molecular weight is 421 g/mol. The van der Waals surface area contributed by atoms with E-state index < -0.39 is 0 Å². The summed E-state index contributed by atoms with van der Waals surface area (Å²) in [5.41, 5.74) is 2.83. The first-order valence-corrected chi connectivity index (χ1v) is 10.8. The Morgan fingerprint density at radius 1 is 0.935 bits per heavy atom. The van der Waals surface area contributed by atoms with Crippen molar-refractivity contribution in [3.05, 3.63) is 53.6 Å². The van der Waals surface area contributed by atoms with Crippen LogP contribution in [0, 0.1) is 5.92 Å². The standard InChI is InChI=1S/C24H27N3O4/c1-25(2)18-5-3-4-17(12-18)23(28)26-8-10-27(11-9-26)24(29)20-14-19(20)16-6-7-21-22(13-16)31-15-30-21/h3-7,12-13,19-20H,8-11,14-15H2,1-2H3/t19-,20-/m0/s1. The number of anilines is 1. The lowest BCUT2D eigenvalue weighted by molar-refractivity contribution is -0.134. The second-order valence-corrected chi connectivity index (χ2v) is 8.62. The van der Waals surface area contributed by atoms with E-state index in [1.807, 2.05) is 71.3 Å². The first kappa shape index (κ1) is 19.7. The number of hydrogen-bond donors (Lipinski definition) is 0. The smallest absolute Gasteiger partial charge is 0.254 e. The number of carbonyl (C=O) groups excluding carboxylic acids is 2. The van der Waals surface area contributed by atoms with Crippen LogP contribution in [0.5, 0.6) is 11.5 Å². The van der Waals surface area contributed by atoms with Crippen LogP contribution in [0.1, 0.15) is 28.3 Å². The van der Waals surface area contributed by atoms with Crippen LogP contribution in [0.15, 0.2) is 42.5 Å². The number of piperazine rings is 1. The maximum atomic E-state index is 13.0. The number of hydrogen-bond acceptors (Lipinski definition) is 5. The number of ether oxygens (including phenoxy) is 2. The summed E-state index contributed by atoms with van der Waals surface area (Å²) in [4.78, 5) is 31.7. The van der Waals surface area contributed by atoms with Crippen molar-refractivity contribution in [2.24, 2.45) is 5.92 Å². The van der Waals surface area contributed by atoms with Gasteiger partial charge in [0.15, 0.2) is 11.5 Å². The Kier molecular flexibility index (Phi) is 4.96. The molecule has 0 N–H and O–H groups in total. The Hall–Kier alpha value is -3.22. The lowest BCUT2D eigenvalue weighted by Crippen LogP contribution is -2.51. The molecule has 7 heteroatoms. The van der Waals surface area contributed by atoms with Crippen molar-refractivity contribution in [3.63, 3.8) is 0 Å². The maximum absolute atomic E-state index is 13.0. The summed E-state index contributed by atoms with van der Waals surface area (Å²) in [5, 5.41) is 0. The number of fused-ring (bicyclic) bond motifs is 1. The van der Waals surface area contributed by atoms with Gasteiger partial charge in [0.2, 0.25) is 12.7 Å².